The highest BCUT2D eigenvalue weighted by atomic mass is 16.5. The van der Waals surface area contributed by atoms with E-state index in [1.165, 1.54) is 0 Å². The van der Waals surface area contributed by atoms with E-state index in [-0.39, 0.29) is 0 Å². The van der Waals surface area contributed by atoms with Gasteiger partial charge in [-0.15, -0.1) is 0 Å². The largest absolute Gasteiger partial charge is 0.488 e. The molecule has 1 saturated heterocycles. The molecular weight excluding hydrogens is 228 g/mol. The molecule has 1 aromatic rings. The molecule has 0 unspecified atom stereocenters. The van der Waals surface area contributed by atoms with Crippen molar-refractivity contribution in [1.82, 2.24) is 4.90 Å². The molecule has 1 heterocycles. The highest BCUT2D eigenvalue weighted by molar-refractivity contribution is 5.59. The second-order valence-electron chi connectivity index (χ2n) is 5.43. The van der Waals surface area contributed by atoms with E-state index in [0.717, 1.165) is 43.0 Å². The Hall–Kier alpha value is -1.42. The molecule has 2 N–H and O–H groups in total. The maximum atomic E-state index is 5.98. The van der Waals surface area contributed by atoms with Gasteiger partial charge in [0.1, 0.15) is 17.6 Å². The minimum atomic E-state index is 0.297. The number of ether oxygens (including phenoxy) is 2. The number of anilines is 1. The molecule has 2 aliphatic rings. The van der Waals surface area contributed by atoms with Gasteiger partial charge in [-0.2, -0.15) is 0 Å². The lowest BCUT2D eigenvalue weighted by Gasteiger charge is -2.36. The monoisotopic (exact) mass is 248 g/mol. The Morgan fingerprint density at radius 1 is 1.11 bits per heavy atom. The van der Waals surface area contributed by atoms with Crippen LogP contribution in [0, 0.1) is 6.92 Å². The molecule has 18 heavy (non-hydrogen) atoms. The van der Waals surface area contributed by atoms with Crippen molar-refractivity contribution < 1.29 is 9.47 Å². The molecule has 0 atom stereocenters. The molecule has 0 amide bonds. The summed E-state index contributed by atoms with van der Waals surface area (Å²) in [5.74, 6) is 1.67. The van der Waals surface area contributed by atoms with Gasteiger partial charge in [0, 0.05) is 19.2 Å². The van der Waals surface area contributed by atoms with Gasteiger partial charge in [0.15, 0.2) is 0 Å². The van der Waals surface area contributed by atoms with Gasteiger partial charge < -0.3 is 15.2 Å². The summed E-state index contributed by atoms with van der Waals surface area (Å²) < 4.78 is 11.8. The molecule has 1 saturated carbocycles. The highest BCUT2D eigenvalue weighted by Gasteiger charge is 2.27. The topological polar surface area (TPSA) is 47.7 Å². The summed E-state index contributed by atoms with van der Waals surface area (Å²) in [5.41, 5.74) is 7.76. The molecule has 3 rings (SSSR count). The van der Waals surface area contributed by atoms with Crippen LogP contribution < -0.4 is 15.2 Å². The molecule has 1 aliphatic carbocycles. The third kappa shape index (κ3) is 2.38. The van der Waals surface area contributed by atoms with Gasteiger partial charge in [0.25, 0.3) is 0 Å². The summed E-state index contributed by atoms with van der Waals surface area (Å²) in [7, 11) is 2.09. The van der Waals surface area contributed by atoms with Crippen LogP contribution in [0.4, 0.5) is 5.69 Å². The van der Waals surface area contributed by atoms with Gasteiger partial charge in [-0.3, -0.25) is 4.90 Å². The van der Waals surface area contributed by atoms with Crippen LogP contribution in [0.1, 0.15) is 18.4 Å². The van der Waals surface area contributed by atoms with E-state index in [1.54, 1.807) is 0 Å². The van der Waals surface area contributed by atoms with Crippen LogP contribution in [0.2, 0.25) is 0 Å². The van der Waals surface area contributed by atoms with E-state index >= 15 is 0 Å². The Bertz CT molecular complexity index is 451. The number of nitrogens with two attached hydrogens (primary N) is 1. The maximum Gasteiger partial charge on any atom is 0.146 e. The average molecular weight is 248 g/mol. The smallest absolute Gasteiger partial charge is 0.146 e. The Kier molecular flexibility index (Phi) is 2.82. The van der Waals surface area contributed by atoms with Crippen LogP contribution in [0.3, 0.4) is 0 Å². The number of nitrogen functional groups attached to an aromatic ring is 1. The van der Waals surface area contributed by atoms with Crippen molar-refractivity contribution >= 4 is 5.69 Å². The van der Waals surface area contributed by atoms with Crippen LogP contribution >= 0.6 is 0 Å². The van der Waals surface area contributed by atoms with E-state index < -0.39 is 0 Å². The summed E-state index contributed by atoms with van der Waals surface area (Å²) in [6, 6.07) is 3.89. The van der Waals surface area contributed by atoms with Crippen molar-refractivity contribution in [2.45, 2.75) is 32.0 Å². The molecule has 98 valence electrons. The summed E-state index contributed by atoms with van der Waals surface area (Å²) >= 11 is 0. The zero-order valence-electron chi connectivity index (χ0n) is 11.0. The fraction of sp³-hybridized carbons (Fsp3) is 0.571. The zero-order valence-corrected chi connectivity index (χ0v) is 11.0. The number of rotatable bonds is 4. The fourth-order valence-corrected chi connectivity index (χ4v) is 2.18. The average Bonchev–Trinajstić information content (AvgIpc) is 3.06. The predicted octanol–water partition coefficient (Wildman–Crippen LogP) is 1.81. The Morgan fingerprint density at radius 3 is 2.39 bits per heavy atom. The van der Waals surface area contributed by atoms with E-state index in [4.69, 9.17) is 15.2 Å². The molecule has 0 radical (unpaired) electrons. The second-order valence-corrected chi connectivity index (χ2v) is 5.43. The zero-order chi connectivity index (χ0) is 12.7. The van der Waals surface area contributed by atoms with Crippen molar-refractivity contribution in [3.05, 3.63) is 17.7 Å². The Balaban J connectivity index is 1.74. The number of aryl methyl sites for hydroxylation is 1. The second kappa shape index (κ2) is 4.35. The molecule has 4 nitrogen and oxygen atoms in total. The standard InChI is InChI=1S/C14H20N2O2/c1-9-5-12(15)14(17-10-3-4-10)6-13(9)18-11-7-16(2)8-11/h5-6,10-11H,3-4,7-8,15H2,1-2H3. The van der Waals surface area contributed by atoms with Crippen molar-refractivity contribution in [2.24, 2.45) is 0 Å². The van der Waals surface area contributed by atoms with Crippen LogP contribution in [0.25, 0.3) is 0 Å². The van der Waals surface area contributed by atoms with Crippen molar-refractivity contribution in [3.63, 3.8) is 0 Å². The number of hydrogen-bond donors (Lipinski definition) is 1. The number of benzene rings is 1. The third-order valence-corrected chi connectivity index (χ3v) is 3.45. The molecule has 0 spiro atoms. The van der Waals surface area contributed by atoms with E-state index in [0.29, 0.717) is 17.9 Å². The van der Waals surface area contributed by atoms with Crippen LogP contribution in [-0.4, -0.2) is 37.2 Å². The maximum absolute atomic E-state index is 5.98. The van der Waals surface area contributed by atoms with Crippen LogP contribution in [0.5, 0.6) is 11.5 Å². The highest BCUT2D eigenvalue weighted by Crippen LogP contribution is 2.36. The summed E-state index contributed by atoms with van der Waals surface area (Å²) in [4.78, 5) is 2.24. The Morgan fingerprint density at radius 2 is 1.78 bits per heavy atom. The molecule has 1 aliphatic heterocycles. The molecule has 0 bridgehead atoms. The van der Waals surface area contributed by atoms with Crippen molar-refractivity contribution in [1.29, 1.82) is 0 Å². The molecule has 0 aromatic heterocycles. The first-order chi connectivity index (χ1) is 8.61. The van der Waals surface area contributed by atoms with Crippen molar-refractivity contribution in [3.8, 4) is 11.5 Å². The van der Waals surface area contributed by atoms with Gasteiger partial charge in [0.05, 0.1) is 11.8 Å². The minimum absolute atomic E-state index is 0.297. The lowest BCUT2D eigenvalue weighted by Crippen LogP contribution is -2.51. The molecule has 4 heteroatoms. The first kappa shape index (κ1) is 11.7. The molecule has 2 fully saturated rings. The summed E-state index contributed by atoms with van der Waals surface area (Å²) in [6.45, 7) is 4.00. The van der Waals surface area contributed by atoms with Crippen molar-refractivity contribution in [2.75, 3.05) is 25.9 Å². The normalized spacial score (nSPS) is 20.6. The van der Waals surface area contributed by atoms with Gasteiger partial charge in [-0.1, -0.05) is 0 Å². The first-order valence-electron chi connectivity index (χ1n) is 6.54. The van der Waals surface area contributed by atoms with Gasteiger partial charge in [0.2, 0.25) is 0 Å². The van der Waals surface area contributed by atoms with Gasteiger partial charge in [-0.05, 0) is 38.4 Å². The van der Waals surface area contributed by atoms with Crippen LogP contribution in [0.15, 0.2) is 12.1 Å². The SMILES string of the molecule is Cc1cc(N)c(OC2CC2)cc1OC1CN(C)C1. The Labute approximate surface area is 108 Å². The van der Waals surface area contributed by atoms with Crippen LogP contribution in [-0.2, 0) is 0 Å². The molecular formula is C14H20N2O2. The number of hydrogen-bond acceptors (Lipinski definition) is 4. The first-order valence-corrected chi connectivity index (χ1v) is 6.54. The van der Waals surface area contributed by atoms with Gasteiger partial charge in [-0.25, -0.2) is 0 Å². The predicted molar refractivity (Wildman–Crippen MR) is 71.2 cm³/mol. The third-order valence-electron chi connectivity index (χ3n) is 3.45. The minimum Gasteiger partial charge on any atom is -0.488 e. The van der Waals surface area contributed by atoms with E-state index in [9.17, 15) is 0 Å². The van der Waals surface area contributed by atoms with E-state index in [1.807, 2.05) is 19.1 Å². The molecule has 1 aromatic carbocycles. The summed E-state index contributed by atoms with van der Waals surface area (Å²) in [6.07, 6.45) is 2.93. The summed E-state index contributed by atoms with van der Waals surface area (Å²) in [5, 5.41) is 0. The lowest BCUT2D eigenvalue weighted by molar-refractivity contribution is 0.0382. The number of likely N-dealkylation sites (N-methyl/N-ethyl adjacent to an activating group) is 1. The quantitative estimate of drug-likeness (QED) is 0.826. The van der Waals surface area contributed by atoms with Gasteiger partial charge >= 0.3 is 0 Å². The number of likely N-dealkylation sites (tertiary alicyclic amines) is 1. The fourth-order valence-electron chi connectivity index (χ4n) is 2.18. The van der Waals surface area contributed by atoms with E-state index in [2.05, 4.69) is 11.9 Å². The number of nitrogens with zero attached hydrogens (tertiary/aromatic N) is 1. The lowest BCUT2D eigenvalue weighted by atomic mass is 10.1.